The van der Waals surface area contributed by atoms with E-state index in [-0.39, 0.29) is 52.6 Å². The van der Waals surface area contributed by atoms with Gasteiger partial charge in [0.2, 0.25) is 0 Å². The maximum atomic E-state index is 9.07. The molecule has 0 aliphatic carbocycles. The number of furan rings is 1. The van der Waals surface area contributed by atoms with Gasteiger partial charge in [-0.3, -0.25) is 0 Å². The fraction of sp³-hybridized carbons (Fsp3) is 0. The van der Waals surface area contributed by atoms with Crippen LogP contribution < -0.4 is 4.90 Å². The number of rotatable bonds is 6. The van der Waals surface area contributed by atoms with E-state index >= 15 is 0 Å². The molecule has 0 atom stereocenters. The van der Waals surface area contributed by atoms with Gasteiger partial charge in [-0.25, -0.2) is 0 Å². The summed E-state index contributed by atoms with van der Waals surface area (Å²) >= 11 is 0. The molecular weight excluding hydrogens is 583 g/mol. The maximum absolute atomic E-state index is 9.07. The maximum Gasteiger partial charge on any atom is 0.159 e. The molecule has 9 aromatic rings. The third kappa shape index (κ3) is 4.83. The highest BCUT2D eigenvalue weighted by molar-refractivity contribution is 6.10. The molecule has 0 bridgehead atoms. The van der Waals surface area contributed by atoms with E-state index in [2.05, 4.69) is 53.4 Å². The van der Waals surface area contributed by atoms with E-state index in [1.165, 1.54) is 0 Å². The molecule has 226 valence electrons. The first-order chi connectivity index (χ1) is 26.3. The Balaban J connectivity index is 1.25. The first-order valence-electron chi connectivity index (χ1n) is 18.9. The van der Waals surface area contributed by atoms with E-state index in [9.17, 15) is 0 Å². The van der Waals surface area contributed by atoms with Crippen LogP contribution in [0.15, 0.2) is 192 Å². The molecule has 0 fully saturated rings. The van der Waals surface area contributed by atoms with Gasteiger partial charge in [-0.15, -0.1) is 0 Å². The molecule has 0 saturated heterocycles. The number of anilines is 3. The zero-order chi connectivity index (χ0) is 37.1. The number of hydrogen-bond acceptors (Lipinski definition) is 2. The summed E-state index contributed by atoms with van der Waals surface area (Å²) in [5.41, 5.74) is 8.04. The molecule has 0 aliphatic heterocycles. The lowest BCUT2D eigenvalue weighted by atomic mass is 9.93. The van der Waals surface area contributed by atoms with Gasteiger partial charge in [0.1, 0.15) is 5.58 Å². The normalized spacial score (nSPS) is 13.1. The molecule has 8 aromatic carbocycles. The molecule has 2 heteroatoms. The molecule has 0 N–H and O–H groups in total. The van der Waals surface area contributed by atoms with E-state index in [0.29, 0.717) is 16.7 Å². The molecule has 9 rings (SSSR count). The molecule has 1 heterocycles. The van der Waals surface area contributed by atoms with Crippen molar-refractivity contribution < 1.29 is 12.6 Å². The van der Waals surface area contributed by atoms with Gasteiger partial charge in [-0.1, -0.05) is 152 Å². The Hall–Kier alpha value is -6.38. The van der Waals surface area contributed by atoms with Crippen LogP contribution in [0.2, 0.25) is 0 Å². The third-order valence-electron chi connectivity index (χ3n) is 8.83. The highest BCUT2D eigenvalue weighted by atomic mass is 16.3. The van der Waals surface area contributed by atoms with Gasteiger partial charge in [0.15, 0.2) is 5.58 Å². The average Bonchev–Trinajstić information content (AvgIpc) is 3.61. The Bertz CT molecular complexity index is 2870. The molecule has 0 radical (unpaired) electrons. The predicted octanol–water partition coefficient (Wildman–Crippen LogP) is 13.2. The van der Waals surface area contributed by atoms with E-state index in [4.69, 9.17) is 12.6 Å². The molecule has 0 aliphatic rings. The molecule has 0 saturated carbocycles. The monoisotopic (exact) mass is 619 g/mol. The van der Waals surface area contributed by atoms with Crippen LogP contribution in [0.4, 0.5) is 17.1 Å². The Morgan fingerprint density at radius 1 is 0.396 bits per heavy atom. The third-order valence-corrected chi connectivity index (χ3v) is 8.83. The van der Waals surface area contributed by atoms with Gasteiger partial charge in [0.25, 0.3) is 0 Å². The summed E-state index contributed by atoms with van der Waals surface area (Å²) in [6.07, 6.45) is 0. The summed E-state index contributed by atoms with van der Waals surface area (Å²) in [5, 5.41) is 2.46. The van der Waals surface area contributed by atoms with Gasteiger partial charge in [-0.2, -0.15) is 0 Å². The van der Waals surface area contributed by atoms with Gasteiger partial charge >= 0.3 is 0 Å². The molecule has 0 spiro atoms. The van der Waals surface area contributed by atoms with Crippen molar-refractivity contribution in [3.63, 3.8) is 0 Å². The van der Waals surface area contributed by atoms with Crippen LogP contribution >= 0.6 is 0 Å². The number of benzene rings is 8. The number of para-hydroxylation sites is 2. The Labute approximate surface area is 288 Å². The van der Waals surface area contributed by atoms with Gasteiger partial charge in [0.05, 0.1) is 13.9 Å². The summed E-state index contributed by atoms with van der Waals surface area (Å²) < 4.78 is 60.0. The van der Waals surface area contributed by atoms with Crippen molar-refractivity contribution in [1.29, 1.82) is 0 Å². The van der Waals surface area contributed by atoms with Crippen molar-refractivity contribution in [2.75, 3.05) is 4.90 Å². The van der Waals surface area contributed by atoms with Gasteiger partial charge in [0, 0.05) is 22.1 Å². The highest BCUT2D eigenvalue weighted by Gasteiger charge is 2.20. The van der Waals surface area contributed by atoms with Crippen molar-refractivity contribution >= 4 is 49.8 Å². The quantitative estimate of drug-likeness (QED) is 0.184. The minimum atomic E-state index is -0.299. The molecular formula is C46H31NO. The molecule has 1 aromatic heterocycles. The van der Waals surface area contributed by atoms with Crippen LogP contribution in [-0.4, -0.2) is 0 Å². The van der Waals surface area contributed by atoms with Gasteiger partial charge < -0.3 is 9.32 Å². The van der Waals surface area contributed by atoms with Crippen molar-refractivity contribution in [3.8, 4) is 33.4 Å². The van der Waals surface area contributed by atoms with Crippen LogP contribution in [0.3, 0.4) is 0 Å². The zero-order valence-electron chi connectivity index (χ0n) is 31.8. The molecule has 0 amide bonds. The van der Waals surface area contributed by atoms with Crippen LogP contribution in [-0.2, 0) is 0 Å². The van der Waals surface area contributed by atoms with Crippen LogP contribution in [0.25, 0.3) is 66.1 Å². The SMILES string of the molecule is [2H]c1c([2H])c(-c2ccc(N(c3ccc(-c4ccccc4)cc3)c3cccc4c3oc3ccccc34)cc2)c2c([2H])c([2H])c([2H])c(-c3ccccc3)c2c1[2H]. The highest BCUT2D eigenvalue weighted by Crippen LogP contribution is 2.43. The summed E-state index contributed by atoms with van der Waals surface area (Å²) in [5.74, 6) is 0. The topological polar surface area (TPSA) is 16.4 Å². The van der Waals surface area contributed by atoms with Crippen LogP contribution in [0, 0.1) is 0 Å². The fourth-order valence-electron chi connectivity index (χ4n) is 6.52. The summed E-state index contributed by atoms with van der Waals surface area (Å²) in [4.78, 5) is 2.13. The molecule has 0 unspecified atom stereocenters. The largest absolute Gasteiger partial charge is 0.454 e. The van der Waals surface area contributed by atoms with E-state index in [1.54, 1.807) is 12.1 Å². The average molecular weight is 620 g/mol. The number of nitrogens with zero attached hydrogens (tertiary/aromatic N) is 1. The Morgan fingerprint density at radius 2 is 0.896 bits per heavy atom. The van der Waals surface area contributed by atoms with E-state index in [0.717, 1.165) is 50.1 Å². The van der Waals surface area contributed by atoms with Crippen LogP contribution in [0.1, 0.15) is 8.22 Å². The summed E-state index contributed by atoms with van der Waals surface area (Å²) in [6, 6.07) is 47.9. The fourth-order valence-corrected chi connectivity index (χ4v) is 6.52. The van der Waals surface area contributed by atoms with Gasteiger partial charge in [-0.05, 0) is 80.6 Å². The van der Waals surface area contributed by atoms with Crippen molar-refractivity contribution in [3.05, 3.63) is 188 Å². The summed E-state index contributed by atoms with van der Waals surface area (Å²) in [6.45, 7) is 0. The van der Waals surface area contributed by atoms with Crippen molar-refractivity contribution in [2.45, 2.75) is 0 Å². The van der Waals surface area contributed by atoms with Crippen molar-refractivity contribution in [2.24, 2.45) is 0 Å². The Kier molecular flexibility index (Phi) is 5.44. The lowest BCUT2D eigenvalue weighted by Gasteiger charge is -2.26. The first kappa shape index (κ1) is 22.2. The smallest absolute Gasteiger partial charge is 0.159 e. The van der Waals surface area contributed by atoms with Crippen molar-refractivity contribution in [1.82, 2.24) is 0 Å². The lowest BCUT2D eigenvalue weighted by Crippen LogP contribution is -2.10. The second kappa shape index (κ2) is 11.8. The second-order valence-corrected chi connectivity index (χ2v) is 11.7. The standard InChI is InChI=1S/C46H31NO/c1-3-12-32(13-4-1)33-24-28-36(29-25-33)47(44-22-11-21-43-42-16-7-8-23-45(42)48-46(43)44)37-30-26-35(27-31-37)39-18-10-19-40-38(17-9-20-41(39)40)34-14-5-2-6-15-34/h1-31H/i9D,10D,17D,18D,19D,20D. The Morgan fingerprint density at radius 3 is 1.54 bits per heavy atom. The molecule has 48 heavy (non-hydrogen) atoms. The predicted molar refractivity (Wildman–Crippen MR) is 202 cm³/mol. The molecule has 2 nitrogen and oxygen atoms in total. The van der Waals surface area contributed by atoms with E-state index < -0.39 is 0 Å². The number of hydrogen-bond donors (Lipinski definition) is 0. The minimum absolute atomic E-state index is 0.181. The van der Waals surface area contributed by atoms with Crippen LogP contribution in [0.5, 0.6) is 0 Å². The summed E-state index contributed by atoms with van der Waals surface area (Å²) in [7, 11) is 0. The second-order valence-electron chi connectivity index (χ2n) is 11.7. The first-order valence-corrected chi connectivity index (χ1v) is 15.9. The minimum Gasteiger partial charge on any atom is -0.454 e. The number of fused-ring (bicyclic) bond motifs is 4. The lowest BCUT2D eigenvalue weighted by molar-refractivity contribution is 0.669. The zero-order valence-corrected chi connectivity index (χ0v) is 25.8. The van der Waals surface area contributed by atoms with E-state index in [1.807, 2.05) is 91.0 Å².